The maximum atomic E-state index is 13.5. The number of carbonyl (C=O) groups excluding carboxylic acids is 3. The molecule has 0 radical (unpaired) electrons. The topological polar surface area (TPSA) is 142 Å². The number of nitrogens with one attached hydrogen (secondary N) is 2. The monoisotopic (exact) mass is 617 g/mol. The number of benzene rings is 2. The van der Waals surface area contributed by atoms with E-state index >= 15 is 0 Å². The van der Waals surface area contributed by atoms with Crippen LogP contribution >= 0.6 is 0 Å². The van der Waals surface area contributed by atoms with Gasteiger partial charge in [-0.1, -0.05) is 12.1 Å². The van der Waals surface area contributed by atoms with E-state index in [4.69, 9.17) is 14.5 Å². The van der Waals surface area contributed by atoms with Gasteiger partial charge in [0.25, 0.3) is 5.91 Å². The van der Waals surface area contributed by atoms with Gasteiger partial charge in [-0.2, -0.15) is 5.10 Å². The first-order chi connectivity index (χ1) is 21.1. The number of unbranched alkanes of at least 4 members (excludes halogenated alkanes) is 1. The van der Waals surface area contributed by atoms with Gasteiger partial charge in [-0.25, -0.2) is 19.6 Å². The van der Waals surface area contributed by atoms with Crippen LogP contribution in [0.5, 0.6) is 0 Å². The third kappa shape index (κ3) is 8.90. The lowest BCUT2D eigenvalue weighted by atomic mass is 10.1. The standard InChI is InChI=1S/C33H43N7O5/c1-21(13-9-10-18-34-31(43)45-33(5,6)7)40-26-24(27-35-20-39(8)38-27)16-12-17-25(26)36-30(40)37-28(41)22-14-11-15-23(19-22)29(42)44-32(2,3)4/h11-12,14-17,19-21H,9-10,13,18H2,1-8H3,(H,34,43)(H,36,37,41). The predicted molar refractivity (Wildman–Crippen MR) is 172 cm³/mol. The molecule has 240 valence electrons. The van der Waals surface area contributed by atoms with Crippen molar-refractivity contribution in [2.75, 3.05) is 11.9 Å². The largest absolute Gasteiger partial charge is 0.456 e. The normalized spacial score (nSPS) is 12.5. The summed E-state index contributed by atoms with van der Waals surface area (Å²) in [4.78, 5) is 47.5. The van der Waals surface area contributed by atoms with Crippen molar-refractivity contribution in [3.05, 3.63) is 59.9 Å². The molecular weight excluding hydrogens is 574 g/mol. The molecule has 2 N–H and O–H groups in total. The summed E-state index contributed by atoms with van der Waals surface area (Å²) in [6.45, 7) is 13.4. The number of amides is 2. The molecule has 4 rings (SSSR count). The van der Waals surface area contributed by atoms with E-state index in [-0.39, 0.29) is 11.6 Å². The Morgan fingerprint density at radius 1 is 0.933 bits per heavy atom. The highest BCUT2D eigenvalue weighted by atomic mass is 16.6. The van der Waals surface area contributed by atoms with E-state index in [0.29, 0.717) is 29.4 Å². The number of aromatic nitrogens is 5. The summed E-state index contributed by atoms with van der Waals surface area (Å²) in [6.07, 6.45) is 3.47. The molecule has 0 spiro atoms. The minimum Gasteiger partial charge on any atom is -0.456 e. The number of aryl methyl sites for hydroxylation is 1. The molecule has 2 aromatic carbocycles. The van der Waals surface area contributed by atoms with Crippen molar-refractivity contribution in [1.29, 1.82) is 0 Å². The van der Waals surface area contributed by atoms with Crippen LogP contribution in [0, 0.1) is 0 Å². The summed E-state index contributed by atoms with van der Waals surface area (Å²) >= 11 is 0. The van der Waals surface area contributed by atoms with Crippen LogP contribution < -0.4 is 10.6 Å². The molecule has 12 nitrogen and oxygen atoms in total. The van der Waals surface area contributed by atoms with E-state index in [9.17, 15) is 14.4 Å². The highest BCUT2D eigenvalue weighted by Crippen LogP contribution is 2.33. The number of ether oxygens (including phenoxy) is 2. The minimum absolute atomic E-state index is 0.0928. The SMILES string of the molecule is CC(CCCCNC(=O)OC(C)(C)C)n1c(NC(=O)c2cccc(C(=O)OC(C)(C)C)c2)nc2cccc(-c3ncn(C)n3)c21. The number of hydrogen-bond acceptors (Lipinski definition) is 8. The second-order valence-corrected chi connectivity index (χ2v) is 13.0. The zero-order valence-corrected chi connectivity index (χ0v) is 27.3. The number of carbonyl (C=O) groups is 3. The third-order valence-electron chi connectivity index (χ3n) is 6.69. The first-order valence-electron chi connectivity index (χ1n) is 15.1. The van der Waals surface area contributed by atoms with Gasteiger partial charge in [-0.15, -0.1) is 0 Å². The fourth-order valence-electron chi connectivity index (χ4n) is 4.81. The molecule has 4 aromatic rings. The average molecular weight is 618 g/mol. The van der Waals surface area contributed by atoms with Crippen LogP contribution in [0.25, 0.3) is 22.4 Å². The van der Waals surface area contributed by atoms with Crippen molar-refractivity contribution in [3.8, 4) is 11.4 Å². The summed E-state index contributed by atoms with van der Waals surface area (Å²) in [5, 5.41) is 10.3. The van der Waals surface area contributed by atoms with Crippen molar-refractivity contribution in [3.63, 3.8) is 0 Å². The van der Waals surface area contributed by atoms with Crippen LogP contribution in [-0.4, -0.2) is 60.0 Å². The lowest BCUT2D eigenvalue weighted by molar-refractivity contribution is 0.00691. The van der Waals surface area contributed by atoms with Gasteiger partial charge in [0.05, 0.1) is 16.6 Å². The highest BCUT2D eigenvalue weighted by Gasteiger charge is 2.24. The van der Waals surface area contributed by atoms with Crippen molar-refractivity contribution in [2.24, 2.45) is 7.05 Å². The van der Waals surface area contributed by atoms with Gasteiger partial charge in [0, 0.05) is 30.8 Å². The molecule has 1 atom stereocenters. The van der Waals surface area contributed by atoms with Gasteiger partial charge in [-0.3, -0.25) is 14.8 Å². The molecule has 0 saturated carbocycles. The molecular formula is C33H43N7O5. The number of imidazole rings is 1. The molecule has 0 bridgehead atoms. The van der Waals surface area contributed by atoms with Crippen LogP contribution in [0.3, 0.4) is 0 Å². The van der Waals surface area contributed by atoms with Crippen molar-refractivity contribution < 1.29 is 23.9 Å². The van der Waals surface area contributed by atoms with Gasteiger partial charge in [0.1, 0.15) is 17.5 Å². The first-order valence-corrected chi connectivity index (χ1v) is 15.1. The van der Waals surface area contributed by atoms with Gasteiger partial charge in [0.2, 0.25) is 5.95 Å². The summed E-state index contributed by atoms with van der Waals surface area (Å²) in [5.74, 6) is -0.0173. The van der Waals surface area contributed by atoms with Gasteiger partial charge < -0.3 is 19.4 Å². The maximum Gasteiger partial charge on any atom is 0.407 e. The minimum atomic E-state index is -0.664. The number of anilines is 1. The summed E-state index contributed by atoms with van der Waals surface area (Å²) in [7, 11) is 1.80. The molecule has 0 aliphatic heterocycles. The average Bonchev–Trinajstić information content (AvgIpc) is 3.54. The van der Waals surface area contributed by atoms with Crippen LogP contribution in [0.2, 0.25) is 0 Å². The molecule has 1 unspecified atom stereocenters. The van der Waals surface area contributed by atoms with E-state index < -0.39 is 29.2 Å². The molecule has 0 aliphatic carbocycles. The summed E-state index contributed by atoms with van der Waals surface area (Å²) in [5.41, 5.74) is 1.61. The van der Waals surface area contributed by atoms with E-state index in [0.717, 1.165) is 30.3 Å². The Labute approximate surface area is 263 Å². The van der Waals surface area contributed by atoms with E-state index in [1.807, 2.05) is 43.5 Å². The molecule has 2 heterocycles. The number of rotatable bonds is 10. The van der Waals surface area contributed by atoms with Crippen molar-refractivity contribution in [2.45, 2.75) is 85.0 Å². The van der Waals surface area contributed by atoms with Crippen LogP contribution in [0.1, 0.15) is 94.5 Å². The van der Waals surface area contributed by atoms with Crippen LogP contribution in [0.4, 0.5) is 10.7 Å². The quantitative estimate of drug-likeness (QED) is 0.156. The fraction of sp³-hybridized carbons (Fsp3) is 0.455. The third-order valence-corrected chi connectivity index (χ3v) is 6.69. The van der Waals surface area contributed by atoms with Crippen LogP contribution in [0.15, 0.2) is 48.8 Å². The van der Waals surface area contributed by atoms with Crippen molar-refractivity contribution in [1.82, 2.24) is 29.6 Å². The second kappa shape index (κ2) is 13.5. The highest BCUT2D eigenvalue weighted by molar-refractivity contribution is 6.06. The fourth-order valence-corrected chi connectivity index (χ4v) is 4.81. The molecule has 2 amide bonds. The van der Waals surface area contributed by atoms with E-state index in [2.05, 4.69) is 27.6 Å². The second-order valence-electron chi connectivity index (χ2n) is 13.0. The Balaban J connectivity index is 1.60. The van der Waals surface area contributed by atoms with Gasteiger partial charge >= 0.3 is 12.1 Å². The Morgan fingerprint density at radius 3 is 2.29 bits per heavy atom. The first kappa shape index (κ1) is 33.2. The lowest BCUT2D eigenvalue weighted by Crippen LogP contribution is -2.33. The number of fused-ring (bicyclic) bond motifs is 1. The maximum absolute atomic E-state index is 13.5. The lowest BCUT2D eigenvalue weighted by Gasteiger charge is -2.20. The summed E-state index contributed by atoms with van der Waals surface area (Å²) in [6, 6.07) is 12.0. The predicted octanol–water partition coefficient (Wildman–Crippen LogP) is 6.30. The molecule has 2 aromatic heterocycles. The zero-order chi connectivity index (χ0) is 32.9. The number of alkyl carbamates (subject to hydrolysis) is 1. The molecule has 45 heavy (non-hydrogen) atoms. The van der Waals surface area contributed by atoms with E-state index in [1.165, 1.54) is 6.07 Å². The smallest absolute Gasteiger partial charge is 0.407 e. The van der Waals surface area contributed by atoms with Gasteiger partial charge in [-0.05, 0) is 98.1 Å². The van der Waals surface area contributed by atoms with Crippen molar-refractivity contribution >= 4 is 35.0 Å². The Hall–Kier alpha value is -4.74. The number of para-hydroxylation sites is 1. The molecule has 0 aliphatic rings. The molecule has 12 heteroatoms. The molecule has 0 saturated heterocycles. The Kier molecular flexibility index (Phi) is 9.94. The van der Waals surface area contributed by atoms with Gasteiger partial charge in [0.15, 0.2) is 5.82 Å². The zero-order valence-electron chi connectivity index (χ0n) is 27.3. The molecule has 0 fully saturated rings. The number of esters is 1. The summed E-state index contributed by atoms with van der Waals surface area (Å²) < 4.78 is 14.4. The number of hydrogen-bond donors (Lipinski definition) is 2. The number of nitrogens with zero attached hydrogens (tertiary/aromatic N) is 5. The Bertz CT molecular complexity index is 1680. The Morgan fingerprint density at radius 2 is 1.62 bits per heavy atom. The van der Waals surface area contributed by atoms with E-state index in [1.54, 1.807) is 57.0 Å². The van der Waals surface area contributed by atoms with Crippen LogP contribution in [-0.2, 0) is 16.5 Å².